The first-order valence-corrected chi connectivity index (χ1v) is 6.43. The van der Waals surface area contributed by atoms with Gasteiger partial charge in [0.25, 0.3) is 5.91 Å². The van der Waals surface area contributed by atoms with Gasteiger partial charge in [-0.2, -0.15) is 0 Å². The van der Waals surface area contributed by atoms with Crippen molar-refractivity contribution in [1.29, 1.82) is 0 Å². The summed E-state index contributed by atoms with van der Waals surface area (Å²) in [5, 5.41) is 8.53. The van der Waals surface area contributed by atoms with Crippen LogP contribution in [0.4, 0.5) is 0 Å². The number of aliphatic carboxylic acids is 1. The summed E-state index contributed by atoms with van der Waals surface area (Å²) in [5.41, 5.74) is 0.602. The van der Waals surface area contributed by atoms with E-state index in [1.165, 1.54) is 0 Å². The van der Waals surface area contributed by atoms with Gasteiger partial charge in [-0.05, 0) is 25.0 Å². The normalized spacial score (nSPS) is 16.5. The van der Waals surface area contributed by atoms with Gasteiger partial charge in [0.05, 0.1) is 19.1 Å². The number of nitrogens with one attached hydrogen (secondary N) is 1. The van der Waals surface area contributed by atoms with Crippen LogP contribution in [0, 0.1) is 0 Å². The number of hydrogen-bond acceptors (Lipinski definition) is 3. The van der Waals surface area contributed by atoms with Crippen LogP contribution in [-0.4, -0.2) is 52.7 Å². The van der Waals surface area contributed by atoms with E-state index < -0.39 is 5.97 Å². The molecular weight excluding hydrogens is 248 g/mol. The van der Waals surface area contributed by atoms with Gasteiger partial charge in [-0.3, -0.25) is 9.59 Å². The predicted octanol–water partition coefficient (Wildman–Crippen LogP) is 1.11. The van der Waals surface area contributed by atoms with Gasteiger partial charge in [0, 0.05) is 19.3 Å². The molecule has 0 bridgehead atoms. The largest absolute Gasteiger partial charge is 0.481 e. The Morgan fingerprint density at radius 1 is 1.42 bits per heavy atom. The van der Waals surface area contributed by atoms with Crippen molar-refractivity contribution in [3.63, 3.8) is 0 Å². The van der Waals surface area contributed by atoms with Gasteiger partial charge < -0.3 is 19.7 Å². The number of hydrogen-bond donors (Lipinski definition) is 2. The van der Waals surface area contributed by atoms with E-state index in [0.717, 1.165) is 12.8 Å². The highest BCUT2D eigenvalue weighted by molar-refractivity contribution is 5.92. The SMILES string of the molecule is O=C(O)CCOC1CCN(C(=O)c2ccc[nH]2)CC1. The molecule has 1 aromatic heterocycles. The number of amides is 1. The number of rotatable bonds is 5. The zero-order chi connectivity index (χ0) is 13.7. The highest BCUT2D eigenvalue weighted by Crippen LogP contribution is 2.16. The van der Waals surface area contributed by atoms with Gasteiger partial charge in [0.2, 0.25) is 0 Å². The lowest BCUT2D eigenvalue weighted by Crippen LogP contribution is -2.41. The van der Waals surface area contributed by atoms with E-state index in [1.807, 2.05) is 0 Å². The molecule has 1 saturated heterocycles. The van der Waals surface area contributed by atoms with Crippen molar-refractivity contribution in [3.05, 3.63) is 24.0 Å². The Balaban J connectivity index is 1.73. The Hall–Kier alpha value is -1.82. The molecule has 2 heterocycles. The summed E-state index contributed by atoms with van der Waals surface area (Å²) >= 11 is 0. The van der Waals surface area contributed by atoms with Crippen LogP contribution >= 0.6 is 0 Å². The summed E-state index contributed by atoms with van der Waals surface area (Å²) in [6.07, 6.45) is 3.33. The van der Waals surface area contributed by atoms with E-state index in [2.05, 4.69) is 4.98 Å². The molecule has 1 aliphatic rings. The average Bonchev–Trinajstić information content (AvgIpc) is 2.92. The first kappa shape index (κ1) is 13.6. The number of aromatic amines is 1. The average molecular weight is 266 g/mol. The molecule has 6 nitrogen and oxygen atoms in total. The highest BCUT2D eigenvalue weighted by atomic mass is 16.5. The second kappa shape index (κ2) is 6.38. The van der Waals surface area contributed by atoms with E-state index in [1.54, 1.807) is 23.2 Å². The highest BCUT2D eigenvalue weighted by Gasteiger charge is 2.24. The number of carboxylic acids is 1. The molecule has 0 aromatic carbocycles. The van der Waals surface area contributed by atoms with E-state index in [9.17, 15) is 9.59 Å². The van der Waals surface area contributed by atoms with Gasteiger partial charge in [0.15, 0.2) is 0 Å². The topological polar surface area (TPSA) is 82.6 Å². The standard InChI is InChI=1S/C13H18N2O4/c16-12(17)5-9-19-10-3-7-15(8-4-10)13(18)11-2-1-6-14-11/h1-2,6,10,14H,3-5,7-9H2,(H,16,17). The van der Waals surface area contributed by atoms with Crippen LogP contribution in [0.3, 0.4) is 0 Å². The van der Waals surface area contributed by atoms with Crippen molar-refractivity contribution in [1.82, 2.24) is 9.88 Å². The maximum absolute atomic E-state index is 12.0. The second-order valence-corrected chi connectivity index (χ2v) is 4.59. The minimum atomic E-state index is -0.848. The number of carbonyl (C=O) groups is 2. The molecule has 0 unspecified atom stereocenters. The van der Waals surface area contributed by atoms with Crippen LogP contribution in [0.15, 0.2) is 18.3 Å². The molecule has 1 aromatic rings. The van der Waals surface area contributed by atoms with Crippen molar-refractivity contribution >= 4 is 11.9 Å². The number of ether oxygens (including phenoxy) is 1. The molecule has 19 heavy (non-hydrogen) atoms. The second-order valence-electron chi connectivity index (χ2n) is 4.59. The molecule has 0 aliphatic carbocycles. The lowest BCUT2D eigenvalue weighted by atomic mass is 10.1. The number of carboxylic acid groups (broad SMARTS) is 1. The van der Waals surface area contributed by atoms with Crippen molar-refractivity contribution in [3.8, 4) is 0 Å². The van der Waals surface area contributed by atoms with Gasteiger partial charge >= 0.3 is 5.97 Å². The van der Waals surface area contributed by atoms with Gasteiger partial charge in [0.1, 0.15) is 5.69 Å². The van der Waals surface area contributed by atoms with Crippen molar-refractivity contribution < 1.29 is 19.4 Å². The summed E-state index contributed by atoms with van der Waals surface area (Å²) in [6, 6.07) is 3.56. The Bertz CT molecular complexity index is 422. The minimum absolute atomic E-state index is 0.00832. The van der Waals surface area contributed by atoms with E-state index in [-0.39, 0.29) is 25.0 Å². The van der Waals surface area contributed by atoms with Gasteiger partial charge in [-0.25, -0.2) is 0 Å². The molecular formula is C13H18N2O4. The third kappa shape index (κ3) is 3.82. The summed E-state index contributed by atoms with van der Waals surface area (Å²) in [5.74, 6) is -0.839. The first-order valence-electron chi connectivity index (χ1n) is 6.43. The van der Waals surface area contributed by atoms with Crippen LogP contribution < -0.4 is 0 Å². The first-order chi connectivity index (χ1) is 9.16. The fourth-order valence-electron chi connectivity index (χ4n) is 2.17. The Labute approximate surface area is 111 Å². The fourth-order valence-corrected chi connectivity index (χ4v) is 2.17. The third-order valence-corrected chi connectivity index (χ3v) is 3.23. The predicted molar refractivity (Wildman–Crippen MR) is 67.9 cm³/mol. The molecule has 1 fully saturated rings. The fraction of sp³-hybridized carbons (Fsp3) is 0.538. The third-order valence-electron chi connectivity index (χ3n) is 3.23. The molecule has 0 spiro atoms. The minimum Gasteiger partial charge on any atom is -0.481 e. The summed E-state index contributed by atoms with van der Waals surface area (Å²) in [7, 11) is 0. The number of carbonyl (C=O) groups excluding carboxylic acids is 1. The van der Waals surface area contributed by atoms with Crippen LogP contribution in [0.25, 0.3) is 0 Å². The number of nitrogens with zero attached hydrogens (tertiary/aromatic N) is 1. The van der Waals surface area contributed by atoms with E-state index >= 15 is 0 Å². The van der Waals surface area contributed by atoms with Crippen LogP contribution in [0.1, 0.15) is 29.8 Å². The molecule has 6 heteroatoms. The van der Waals surface area contributed by atoms with Crippen molar-refractivity contribution in [2.75, 3.05) is 19.7 Å². The molecule has 0 atom stereocenters. The van der Waals surface area contributed by atoms with E-state index in [4.69, 9.17) is 9.84 Å². The molecule has 1 amide bonds. The van der Waals surface area contributed by atoms with Crippen LogP contribution in [0.2, 0.25) is 0 Å². The Morgan fingerprint density at radius 3 is 2.74 bits per heavy atom. The summed E-state index contributed by atoms with van der Waals surface area (Å²) < 4.78 is 5.49. The molecule has 0 saturated carbocycles. The maximum atomic E-state index is 12.0. The van der Waals surface area contributed by atoms with Gasteiger partial charge in [-0.15, -0.1) is 0 Å². The van der Waals surface area contributed by atoms with E-state index in [0.29, 0.717) is 18.8 Å². The maximum Gasteiger partial charge on any atom is 0.305 e. The molecule has 1 aliphatic heterocycles. The number of aromatic nitrogens is 1. The number of H-pyrrole nitrogens is 1. The summed E-state index contributed by atoms with van der Waals surface area (Å²) in [4.78, 5) is 27.1. The molecule has 2 rings (SSSR count). The number of likely N-dealkylation sites (tertiary alicyclic amines) is 1. The van der Waals surface area contributed by atoms with Crippen LogP contribution in [-0.2, 0) is 9.53 Å². The monoisotopic (exact) mass is 266 g/mol. The lowest BCUT2D eigenvalue weighted by molar-refractivity contribution is -0.138. The van der Waals surface area contributed by atoms with Crippen LogP contribution in [0.5, 0.6) is 0 Å². The molecule has 104 valence electrons. The summed E-state index contributed by atoms with van der Waals surface area (Å²) in [6.45, 7) is 1.54. The quantitative estimate of drug-likeness (QED) is 0.836. The number of piperidine rings is 1. The Morgan fingerprint density at radius 2 is 2.16 bits per heavy atom. The zero-order valence-electron chi connectivity index (χ0n) is 10.7. The molecule has 2 N–H and O–H groups in total. The zero-order valence-corrected chi connectivity index (χ0v) is 10.7. The lowest BCUT2D eigenvalue weighted by Gasteiger charge is -2.31. The van der Waals surface area contributed by atoms with Crippen molar-refractivity contribution in [2.45, 2.75) is 25.4 Å². The van der Waals surface area contributed by atoms with Gasteiger partial charge in [-0.1, -0.05) is 0 Å². The Kier molecular flexibility index (Phi) is 4.57. The smallest absolute Gasteiger partial charge is 0.305 e. The van der Waals surface area contributed by atoms with Crippen molar-refractivity contribution in [2.24, 2.45) is 0 Å². The molecule has 0 radical (unpaired) electrons.